The van der Waals surface area contributed by atoms with Crippen LogP contribution in [0.1, 0.15) is 23.7 Å². The van der Waals surface area contributed by atoms with Gasteiger partial charge in [-0.25, -0.2) is 4.39 Å². The van der Waals surface area contributed by atoms with E-state index in [-0.39, 0.29) is 29.2 Å². The molecule has 1 amide bonds. The first-order chi connectivity index (χ1) is 13.0. The van der Waals surface area contributed by atoms with E-state index in [0.29, 0.717) is 29.2 Å². The van der Waals surface area contributed by atoms with Crippen molar-refractivity contribution in [3.05, 3.63) is 64.7 Å². The van der Waals surface area contributed by atoms with Gasteiger partial charge in [0.25, 0.3) is 5.89 Å². The zero-order valence-electron chi connectivity index (χ0n) is 13.9. The number of hydrogen-bond donors (Lipinski definition) is 0. The summed E-state index contributed by atoms with van der Waals surface area (Å²) >= 11 is 6.07. The minimum atomic E-state index is -0.464. The van der Waals surface area contributed by atoms with Crippen LogP contribution >= 0.6 is 11.6 Å². The highest BCUT2D eigenvalue weighted by Crippen LogP contribution is 2.35. The number of anilines is 1. The molecular weight excluding hydrogens is 371 g/mol. The zero-order chi connectivity index (χ0) is 19.0. The van der Waals surface area contributed by atoms with Crippen molar-refractivity contribution >= 4 is 23.2 Å². The third-order valence-corrected chi connectivity index (χ3v) is 4.67. The molecule has 1 unspecified atom stereocenters. The highest BCUT2D eigenvalue weighted by atomic mass is 35.5. The lowest BCUT2D eigenvalue weighted by Crippen LogP contribution is -2.24. The summed E-state index contributed by atoms with van der Waals surface area (Å²) in [5.41, 5.74) is 1.58. The third-order valence-electron chi connectivity index (χ3n) is 4.37. The van der Waals surface area contributed by atoms with Gasteiger partial charge in [-0.2, -0.15) is 10.2 Å². The molecule has 27 heavy (non-hydrogen) atoms. The molecule has 0 N–H and O–H groups in total. The van der Waals surface area contributed by atoms with Gasteiger partial charge in [-0.3, -0.25) is 4.79 Å². The molecule has 1 aromatic heterocycles. The Bertz CT molecular complexity index is 1080. The second-order valence-corrected chi connectivity index (χ2v) is 6.56. The van der Waals surface area contributed by atoms with Crippen molar-refractivity contribution in [1.29, 1.82) is 5.26 Å². The Kier molecular flexibility index (Phi) is 4.34. The van der Waals surface area contributed by atoms with Crippen molar-refractivity contribution < 1.29 is 13.7 Å². The van der Waals surface area contributed by atoms with Crippen LogP contribution in [-0.4, -0.2) is 22.6 Å². The summed E-state index contributed by atoms with van der Waals surface area (Å²) in [6, 6.07) is 12.8. The predicted octanol–water partition coefficient (Wildman–Crippen LogP) is 3.92. The van der Waals surface area contributed by atoms with Crippen molar-refractivity contribution in [3.8, 4) is 17.5 Å². The smallest absolute Gasteiger partial charge is 0.257 e. The van der Waals surface area contributed by atoms with Gasteiger partial charge in [-0.1, -0.05) is 22.8 Å². The fraction of sp³-hybridized carbons (Fsp3) is 0.158. The van der Waals surface area contributed by atoms with Gasteiger partial charge in [0.2, 0.25) is 5.91 Å². The van der Waals surface area contributed by atoms with Crippen LogP contribution in [0.15, 0.2) is 47.0 Å². The summed E-state index contributed by atoms with van der Waals surface area (Å²) in [6.07, 6.45) is 0.199. The number of halogens is 2. The molecule has 0 radical (unpaired) electrons. The van der Waals surface area contributed by atoms with Crippen LogP contribution in [0.5, 0.6) is 0 Å². The van der Waals surface area contributed by atoms with E-state index in [1.807, 2.05) is 0 Å². The topological polar surface area (TPSA) is 83.0 Å². The Morgan fingerprint density at radius 1 is 1.30 bits per heavy atom. The second-order valence-electron chi connectivity index (χ2n) is 6.15. The molecule has 0 aliphatic carbocycles. The highest BCUT2D eigenvalue weighted by molar-refractivity contribution is 6.33. The summed E-state index contributed by atoms with van der Waals surface area (Å²) < 4.78 is 18.6. The molecule has 2 aromatic carbocycles. The first-order valence-electron chi connectivity index (χ1n) is 8.14. The van der Waals surface area contributed by atoms with Crippen LogP contribution in [0.3, 0.4) is 0 Å². The minimum absolute atomic E-state index is 0.147. The molecule has 8 heteroatoms. The Hall–Kier alpha value is -3.24. The van der Waals surface area contributed by atoms with Crippen LogP contribution in [0.4, 0.5) is 10.1 Å². The van der Waals surface area contributed by atoms with Crippen molar-refractivity contribution in [3.63, 3.8) is 0 Å². The standard InChI is InChI=1S/C19H12ClFN4O2/c20-15-8-14(21)4-5-16(15)25-10-13(7-17(25)26)18-23-19(27-24-18)12-3-1-2-11(6-12)9-22/h1-6,8,13H,7,10H2. The largest absolute Gasteiger partial charge is 0.334 e. The lowest BCUT2D eigenvalue weighted by atomic mass is 10.1. The molecule has 0 spiro atoms. The van der Waals surface area contributed by atoms with Crippen LogP contribution in [-0.2, 0) is 4.79 Å². The number of amides is 1. The number of carbonyl (C=O) groups excluding carboxylic acids is 1. The van der Waals surface area contributed by atoms with Gasteiger partial charge in [-0.05, 0) is 36.4 Å². The molecule has 0 bridgehead atoms. The molecule has 1 aliphatic rings. The summed E-state index contributed by atoms with van der Waals surface area (Å²) in [5, 5.41) is 13.2. The number of aromatic nitrogens is 2. The van der Waals surface area contributed by atoms with E-state index in [4.69, 9.17) is 21.4 Å². The lowest BCUT2D eigenvalue weighted by Gasteiger charge is -2.17. The summed E-state index contributed by atoms with van der Waals surface area (Å²) in [7, 11) is 0. The van der Waals surface area contributed by atoms with Crippen LogP contribution < -0.4 is 4.90 Å². The van der Waals surface area contributed by atoms with Crippen LogP contribution in [0, 0.1) is 17.1 Å². The van der Waals surface area contributed by atoms with Crippen molar-refractivity contribution in [2.45, 2.75) is 12.3 Å². The fourth-order valence-corrected chi connectivity index (χ4v) is 3.32. The van der Waals surface area contributed by atoms with Gasteiger partial charge in [0.1, 0.15) is 5.82 Å². The molecule has 1 aliphatic heterocycles. The maximum atomic E-state index is 13.3. The first-order valence-corrected chi connectivity index (χ1v) is 8.52. The van der Waals surface area contributed by atoms with Gasteiger partial charge < -0.3 is 9.42 Å². The average molecular weight is 383 g/mol. The fourth-order valence-electron chi connectivity index (χ4n) is 3.05. The quantitative estimate of drug-likeness (QED) is 0.685. The Labute approximate surface area is 158 Å². The van der Waals surface area contributed by atoms with E-state index in [2.05, 4.69) is 16.2 Å². The molecule has 1 atom stereocenters. The molecule has 134 valence electrons. The summed E-state index contributed by atoms with van der Waals surface area (Å²) in [4.78, 5) is 18.3. The second kappa shape index (κ2) is 6.82. The minimum Gasteiger partial charge on any atom is -0.334 e. The maximum absolute atomic E-state index is 13.3. The number of nitrogens with zero attached hydrogens (tertiary/aromatic N) is 4. The highest BCUT2D eigenvalue weighted by Gasteiger charge is 2.35. The van der Waals surface area contributed by atoms with Crippen molar-refractivity contribution in [2.24, 2.45) is 0 Å². The number of hydrogen-bond acceptors (Lipinski definition) is 5. The summed E-state index contributed by atoms with van der Waals surface area (Å²) in [6.45, 7) is 0.321. The molecule has 1 saturated heterocycles. The molecule has 0 saturated carbocycles. The van der Waals surface area contributed by atoms with Crippen LogP contribution in [0.25, 0.3) is 11.5 Å². The van der Waals surface area contributed by atoms with Gasteiger partial charge in [0, 0.05) is 24.4 Å². The molecule has 4 rings (SSSR count). The molecular formula is C19H12ClFN4O2. The van der Waals surface area contributed by atoms with E-state index >= 15 is 0 Å². The van der Waals surface area contributed by atoms with Gasteiger partial charge >= 0.3 is 0 Å². The maximum Gasteiger partial charge on any atom is 0.257 e. The third kappa shape index (κ3) is 3.27. The number of benzene rings is 2. The SMILES string of the molecule is N#Cc1cccc(-c2nc(C3CC(=O)N(c4ccc(F)cc4Cl)C3)no2)c1. The Morgan fingerprint density at radius 2 is 2.15 bits per heavy atom. The van der Waals surface area contributed by atoms with Crippen molar-refractivity contribution in [2.75, 3.05) is 11.4 Å². The van der Waals surface area contributed by atoms with Gasteiger partial charge in [0.15, 0.2) is 5.82 Å². The molecule has 2 heterocycles. The van der Waals surface area contributed by atoms with Crippen molar-refractivity contribution in [1.82, 2.24) is 10.1 Å². The monoisotopic (exact) mass is 382 g/mol. The first kappa shape index (κ1) is 17.2. The van der Waals surface area contributed by atoms with Gasteiger partial charge in [0.05, 0.1) is 22.3 Å². The van der Waals surface area contributed by atoms with Crippen LogP contribution in [0.2, 0.25) is 5.02 Å². The Morgan fingerprint density at radius 3 is 2.93 bits per heavy atom. The van der Waals surface area contributed by atoms with E-state index in [1.165, 1.54) is 23.1 Å². The molecule has 3 aromatic rings. The zero-order valence-corrected chi connectivity index (χ0v) is 14.7. The Balaban J connectivity index is 1.58. The van der Waals surface area contributed by atoms with E-state index < -0.39 is 5.82 Å². The molecule has 1 fully saturated rings. The summed E-state index contributed by atoms with van der Waals surface area (Å²) in [5.74, 6) is -0.190. The average Bonchev–Trinajstić information content (AvgIpc) is 3.29. The number of rotatable bonds is 3. The molecule has 6 nitrogen and oxygen atoms in total. The van der Waals surface area contributed by atoms with E-state index in [9.17, 15) is 9.18 Å². The lowest BCUT2D eigenvalue weighted by molar-refractivity contribution is -0.117. The predicted molar refractivity (Wildman–Crippen MR) is 95.6 cm³/mol. The van der Waals surface area contributed by atoms with Gasteiger partial charge in [-0.15, -0.1) is 0 Å². The number of carbonyl (C=O) groups is 1. The normalized spacial score (nSPS) is 16.6. The number of nitriles is 1. The van der Waals surface area contributed by atoms with E-state index in [0.717, 1.165) is 0 Å². The van der Waals surface area contributed by atoms with E-state index in [1.54, 1.807) is 24.3 Å².